The average Bonchev–Trinajstić information content (AvgIpc) is 2.25. The van der Waals surface area contributed by atoms with Crippen LogP contribution in [0.15, 0.2) is 0 Å². The van der Waals surface area contributed by atoms with Crippen molar-refractivity contribution >= 4 is 17.7 Å². The first-order valence-corrected chi connectivity index (χ1v) is 7.67. The fraction of sp³-hybridized carbons (Fsp3) is 0.923. The molecule has 0 aliphatic heterocycles. The van der Waals surface area contributed by atoms with Gasteiger partial charge in [0.25, 0.3) is 0 Å². The minimum absolute atomic E-state index is 0.0813. The largest absolute Gasteiger partial charge is 0.481 e. The van der Waals surface area contributed by atoms with Crippen LogP contribution in [-0.2, 0) is 4.79 Å². The fourth-order valence-electron chi connectivity index (χ4n) is 2.82. The minimum atomic E-state index is -0.576. The van der Waals surface area contributed by atoms with Gasteiger partial charge in [0, 0.05) is 0 Å². The van der Waals surface area contributed by atoms with Gasteiger partial charge in [-0.2, -0.15) is 11.8 Å². The molecule has 1 aliphatic rings. The number of rotatable bonds is 5. The van der Waals surface area contributed by atoms with Gasteiger partial charge < -0.3 is 5.11 Å². The Morgan fingerprint density at radius 1 is 1.44 bits per heavy atom. The Morgan fingerprint density at radius 3 is 2.62 bits per heavy atom. The SMILES string of the molecule is CSCCC1CC(C(C)C)CCC1C(=O)O. The fourth-order valence-corrected chi connectivity index (χ4v) is 3.36. The Bertz CT molecular complexity index is 228. The second-order valence-electron chi connectivity index (χ2n) is 5.30. The van der Waals surface area contributed by atoms with E-state index in [2.05, 4.69) is 20.1 Å². The zero-order chi connectivity index (χ0) is 12.1. The summed E-state index contributed by atoms with van der Waals surface area (Å²) >= 11 is 1.83. The van der Waals surface area contributed by atoms with E-state index < -0.39 is 5.97 Å². The molecule has 2 nitrogen and oxygen atoms in total. The van der Waals surface area contributed by atoms with E-state index in [9.17, 15) is 9.90 Å². The monoisotopic (exact) mass is 244 g/mol. The van der Waals surface area contributed by atoms with Gasteiger partial charge in [-0.05, 0) is 55.4 Å². The van der Waals surface area contributed by atoms with Crippen molar-refractivity contribution < 1.29 is 9.90 Å². The van der Waals surface area contributed by atoms with Crippen molar-refractivity contribution in [1.82, 2.24) is 0 Å². The first-order chi connectivity index (χ1) is 7.56. The van der Waals surface area contributed by atoms with E-state index in [1.165, 1.54) is 0 Å². The molecule has 3 heteroatoms. The van der Waals surface area contributed by atoms with Crippen LogP contribution in [0, 0.1) is 23.7 Å². The quantitative estimate of drug-likeness (QED) is 0.804. The summed E-state index contributed by atoms with van der Waals surface area (Å²) in [5.74, 6) is 2.29. The van der Waals surface area contributed by atoms with Crippen molar-refractivity contribution in [3.05, 3.63) is 0 Å². The van der Waals surface area contributed by atoms with Crippen molar-refractivity contribution in [3.63, 3.8) is 0 Å². The lowest BCUT2D eigenvalue weighted by atomic mass is 9.70. The van der Waals surface area contributed by atoms with Crippen LogP contribution in [0.4, 0.5) is 0 Å². The maximum Gasteiger partial charge on any atom is 0.306 e. The summed E-state index contributed by atoms with van der Waals surface area (Å²) in [4.78, 5) is 11.2. The van der Waals surface area contributed by atoms with Gasteiger partial charge in [-0.15, -0.1) is 0 Å². The molecule has 1 rings (SSSR count). The number of hydrogen-bond acceptors (Lipinski definition) is 2. The number of carboxylic acids is 1. The van der Waals surface area contributed by atoms with Crippen LogP contribution < -0.4 is 0 Å². The molecule has 0 aromatic heterocycles. The third-order valence-electron chi connectivity index (χ3n) is 3.98. The van der Waals surface area contributed by atoms with E-state index in [1.807, 2.05) is 11.8 Å². The Hall–Kier alpha value is -0.180. The predicted molar refractivity (Wildman–Crippen MR) is 69.8 cm³/mol. The highest BCUT2D eigenvalue weighted by Crippen LogP contribution is 2.39. The van der Waals surface area contributed by atoms with Gasteiger partial charge in [0.05, 0.1) is 5.92 Å². The van der Waals surface area contributed by atoms with Crippen molar-refractivity contribution in [1.29, 1.82) is 0 Å². The lowest BCUT2D eigenvalue weighted by Gasteiger charge is -2.35. The molecule has 1 N–H and O–H groups in total. The lowest BCUT2D eigenvalue weighted by molar-refractivity contribution is -0.145. The summed E-state index contributed by atoms with van der Waals surface area (Å²) in [7, 11) is 0. The first-order valence-electron chi connectivity index (χ1n) is 6.28. The van der Waals surface area contributed by atoms with E-state index in [1.54, 1.807) is 0 Å². The number of aliphatic carboxylic acids is 1. The summed E-state index contributed by atoms with van der Waals surface area (Å²) in [6.45, 7) is 4.52. The summed E-state index contributed by atoms with van der Waals surface area (Å²) in [5.41, 5.74) is 0. The van der Waals surface area contributed by atoms with E-state index in [4.69, 9.17) is 0 Å². The Morgan fingerprint density at radius 2 is 2.12 bits per heavy atom. The molecule has 0 aromatic rings. The zero-order valence-corrected chi connectivity index (χ0v) is 11.4. The first kappa shape index (κ1) is 13.9. The molecule has 0 amide bonds. The minimum Gasteiger partial charge on any atom is -0.481 e. The van der Waals surface area contributed by atoms with Crippen LogP contribution in [0.5, 0.6) is 0 Å². The number of hydrogen-bond donors (Lipinski definition) is 1. The molecular weight excluding hydrogens is 220 g/mol. The topological polar surface area (TPSA) is 37.3 Å². The highest BCUT2D eigenvalue weighted by molar-refractivity contribution is 7.98. The van der Waals surface area contributed by atoms with Crippen molar-refractivity contribution in [2.75, 3.05) is 12.0 Å². The van der Waals surface area contributed by atoms with Gasteiger partial charge in [-0.1, -0.05) is 13.8 Å². The predicted octanol–water partition coefficient (Wildman–Crippen LogP) is 3.51. The highest BCUT2D eigenvalue weighted by Gasteiger charge is 2.35. The molecule has 0 saturated heterocycles. The molecule has 0 heterocycles. The van der Waals surface area contributed by atoms with Gasteiger partial charge >= 0.3 is 5.97 Å². The van der Waals surface area contributed by atoms with Crippen molar-refractivity contribution in [3.8, 4) is 0 Å². The summed E-state index contributed by atoms with van der Waals surface area (Å²) in [6, 6.07) is 0. The summed E-state index contributed by atoms with van der Waals surface area (Å²) < 4.78 is 0. The molecule has 0 spiro atoms. The van der Waals surface area contributed by atoms with E-state index in [-0.39, 0.29) is 5.92 Å². The average molecular weight is 244 g/mol. The lowest BCUT2D eigenvalue weighted by Crippen LogP contribution is -2.32. The third-order valence-corrected chi connectivity index (χ3v) is 4.62. The van der Waals surface area contributed by atoms with Crippen LogP contribution in [0.25, 0.3) is 0 Å². The third kappa shape index (κ3) is 3.69. The van der Waals surface area contributed by atoms with E-state index >= 15 is 0 Å². The Balaban J connectivity index is 2.58. The summed E-state index contributed by atoms with van der Waals surface area (Å²) in [5, 5.41) is 9.23. The van der Waals surface area contributed by atoms with Crippen LogP contribution in [0.1, 0.15) is 39.5 Å². The molecule has 1 saturated carbocycles. The number of thioether (sulfide) groups is 1. The zero-order valence-electron chi connectivity index (χ0n) is 10.6. The smallest absolute Gasteiger partial charge is 0.306 e. The molecule has 0 bridgehead atoms. The van der Waals surface area contributed by atoms with Crippen molar-refractivity contribution in [2.45, 2.75) is 39.5 Å². The molecule has 0 aromatic carbocycles. The van der Waals surface area contributed by atoms with Gasteiger partial charge in [0.15, 0.2) is 0 Å². The normalized spacial score (nSPS) is 30.6. The molecule has 94 valence electrons. The van der Waals surface area contributed by atoms with Crippen LogP contribution in [0.3, 0.4) is 0 Å². The maximum atomic E-state index is 11.2. The number of carboxylic acid groups (broad SMARTS) is 1. The summed E-state index contributed by atoms with van der Waals surface area (Å²) in [6.07, 6.45) is 6.27. The maximum absolute atomic E-state index is 11.2. The van der Waals surface area contributed by atoms with Crippen LogP contribution in [0.2, 0.25) is 0 Å². The van der Waals surface area contributed by atoms with Gasteiger partial charge in [-0.25, -0.2) is 0 Å². The van der Waals surface area contributed by atoms with Gasteiger partial charge in [0.2, 0.25) is 0 Å². The molecule has 1 fully saturated rings. The van der Waals surface area contributed by atoms with E-state index in [0.29, 0.717) is 11.8 Å². The molecule has 1 aliphatic carbocycles. The Labute approximate surface area is 103 Å². The van der Waals surface area contributed by atoms with E-state index in [0.717, 1.165) is 37.4 Å². The standard InChI is InChI=1S/C13H24O2S/c1-9(2)10-4-5-12(13(14)15)11(8-10)6-7-16-3/h9-12H,4-8H2,1-3H3,(H,14,15). The molecule has 16 heavy (non-hydrogen) atoms. The van der Waals surface area contributed by atoms with Gasteiger partial charge in [0.1, 0.15) is 0 Å². The second kappa shape index (κ2) is 6.53. The highest BCUT2D eigenvalue weighted by atomic mass is 32.2. The molecule has 3 unspecified atom stereocenters. The van der Waals surface area contributed by atoms with Crippen molar-refractivity contribution in [2.24, 2.45) is 23.7 Å². The molecular formula is C13H24O2S. The number of carbonyl (C=O) groups is 1. The van der Waals surface area contributed by atoms with Crippen LogP contribution in [-0.4, -0.2) is 23.1 Å². The Kier molecular flexibility index (Phi) is 5.67. The molecule has 3 atom stereocenters. The molecule has 0 radical (unpaired) electrons. The van der Waals surface area contributed by atoms with Gasteiger partial charge in [-0.3, -0.25) is 4.79 Å². The van der Waals surface area contributed by atoms with Crippen LogP contribution >= 0.6 is 11.8 Å². The second-order valence-corrected chi connectivity index (χ2v) is 6.29.